The third-order valence-corrected chi connectivity index (χ3v) is 6.83. The van der Waals surface area contributed by atoms with E-state index in [0.717, 1.165) is 30.5 Å². The van der Waals surface area contributed by atoms with Gasteiger partial charge in [0.1, 0.15) is 16.8 Å². The summed E-state index contributed by atoms with van der Waals surface area (Å²) in [6.45, 7) is 0. The van der Waals surface area contributed by atoms with Gasteiger partial charge in [-0.05, 0) is 55.2 Å². The van der Waals surface area contributed by atoms with E-state index < -0.39 is 32.7 Å². The van der Waals surface area contributed by atoms with E-state index in [0.29, 0.717) is 11.3 Å². The quantitative estimate of drug-likeness (QED) is 0.436. The van der Waals surface area contributed by atoms with E-state index in [1.807, 2.05) is 0 Å². The van der Waals surface area contributed by atoms with Gasteiger partial charge in [-0.15, -0.1) is 0 Å². The van der Waals surface area contributed by atoms with Crippen molar-refractivity contribution in [1.82, 2.24) is 10.0 Å². The highest BCUT2D eigenvalue weighted by molar-refractivity contribution is 7.89. The summed E-state index contributed by atoms with van der Waals surface area (Å²) in [5.74, 6) is -1.79. The maximum absolute atomic E-state index is 14.2. The largest absolute Gasteiger partial charge is 0.349 e. The molecule has 3 N–H and O–H groups in total. The SMILES string of the molecule is O=C(NC1CC1)c1cccc(NC(=O)C(Cc2ccccc2)NS(=O)(=O)c2ccccc2F)c1. The lowest BCUT2D eigenvalue weighted by atomic mass is 10.1. The summed E-state index contributed by atoms with van der Waals surface area (Å²) in [5, 5.41) is 5.56. The van der Waals surface area contributed by atoms with E-state index in [1.54, 1.807) is 48.5 Å². The zero-order valence-corrected chi connectivity index (χ0v) is 19.0. The van der Waals surface area contributed by atoms with Gasteiger partial charge in [-0.2, -0.15) is 4.72 Å². The number of hydrogen-bond donors (Lipinski definition) is 3. The molecule has 1 aliphatic carbocycles. The Kier molecular flexibility index (Phi) is 7.04. The fraction of sp³-hybridized carbons (Fsp3) is 0.200. The summed E-state index contributed by atoms with van der Waals surface area (Å²) in [4.78, 5) is 24.9. The van der Waals surface area contributed by atoms with Crippen LogP contribution in [-0.2, 0) is 21.2 Å². The molecule has 176 valence electrons. The average Bonchev–Trinajstić information content (AvgIpc) is 3.63. The Hall–Kier alpha value is -3.56. The molecule has 2 amide bonds. The zero-order valence-electron chi connectivity index (χ0n) is 18.2. The highest BCUT2D eigenvalue weighted by Crippen LogP contribution is 2.20. The minimum Gasteiger partial charge on any atom is -0.349 e. The zero-order chi connectivity index (χ0) is 24.1. The van der Waals surface area contributed by atoms with E-state index in [1.165, 1.54) is 18.2 Å². The molecule has 0 aliphatic heterocycles. The van der Waals surface area contributed by atoms with Crippen LogP contribution < -0.4 is 15.4 Å². The van der Waals surface area contributed by atoms with Gasteiger partial charge < -0.3 is 10.6 Å². The van der Waals surface area contributed by atoms with Crippen molar-refractivity contribution in [3.8, 4) is 0 Å². The Balaban J connectivity index is 1.55. The second-order valence-electron chi connectivity index (χ2n) is 8.11. The van der Waals surface area contributed by atoms with Crippen molar-refractivity contribution in [2.75, 3.05) is 5.32 Å². The number of amides is 2. The number of hydrogen-bond acceptors (Lipinski definition) is 4. The molecule has 1 saturated carbocycles. The lowest BCUT2D eigenvalue weighted by molar-refractivity contribution is -0.117. The second-order valence-corrected chi connectivity index (χ2v) is 9.79. The first-order valence-electron chi connectivity index (χ1n) is 10.8. The van der Waals surface area contributed by atoms with Gasteiger partial charge in [0.2, 0.25) is 15.9 Å². The van der Waals surface area contributed by atoms with Crippen molar-refractivity contribution in [3.63, 3.8) is 0 Å². The third kappa shape index (κ3) is 6.06. The molecule has 3 aromatic rings. The first kappa shape index (κ1) is 23.6. The highest BCUT2D eigenvalue weighted by Gasteiger charge is 2.28. The predicted molar refractivity (Wildman–Crippen MR) is 126 cm³/mol. The van der Waals surface area contributed by atoms with Gasteiger partial charge in [0.05, 0.1) is 0 Å². The average molecular weight is 482 g/mol. The molecule has 9 heteroatoms. The van der Waals surface area contributed by atoms with Crippen LogP contribution in [0.25, 0.3) is 0 Å². The smallest absolute Gasteiger partial charge is 0.251 e. The third-order valence-electron chi connectivity index (χ3n) is 5.33. The molecule has 1 fully saturated rings. The van der Waals surface area contributed by atoms with Crippen molar-refractivity contribution >= 4 is 27.5 Å². The highest BCUT2D eigenvalue weighted by atomic mass is 32.2. The molecule has 0 saturated heterocycles. The molecular formula is C25H24FN3O4S. The van der Waals surface area contributed by atoms with Crippen LogP contribution in [0.1, 0.15) is 28.8 Å². The van der Waals surface area contributed by atoms with E-state index in [9.17, 15) is 22.4 Å². The standard InChI is InChI=1S/C25H24FN3O4S/c26-21-11-4-5-12-23(21)34(32,33)29-22(15-17-7-2-1-3-8-17)25(31)28-20-10-6-9-18(16-20)24(30)27-19-13-14-19/h1-12,16,19,22,29H,13-15H2,(H,27,30)(H,28,31). The van der Waals surface area contributed by atoms with Crippen LogP contribution in [0.3, 0.4) is 0 Å². The first-order chi connectivity index (χ1) is 16.3. The predicted octanol–water partition coefficient (Wildman–Crippen LogP) is 3.25. The Morgan fingerprint density at radius 2 is 1.65 bits per heavy atom. The molecule has 3 aromatic carbocycles. The number of rotatable bonds is 9. The number of benzene rings is 3. The summed E-state index contributed by atoms with van der Waals surface area (Å²) in [6.07, 6.45) is 1.94. The Morgan fingerprint density at radius 1 is 0.941 bits per heavy atom. The lowest BCUT2D eigenvalue weighted by Gasteiger charge is -2.19. The molecule has 0 bridgehead atoms. The van der Waals surface area contributed by atoms with E-state index in [4.69, 9.17) is 0 Å². The van der Waals surface area contributed by atoms with Crippen LogP contribution in [-0.4, -0.2) is 32.3 Å². The molecule has 0 heterocycles. The molecular weight excluding hydrogens is 457 g/mol. The van der Waals surface area contributed by atoms with Crippen LogP contribution in [0.4, 0.5) is 10.1 Å². The van der Waals surface area contributed by atoms with Gasteiger partial charge in [-0.3, -0.25) is 9.59 Å². The number of halogens is 1. The summed E-state index contributed by atoms with van der Waals surface area (Å²) in [6, 6.07) is 19.2. The van der Waals surface area contributed by atoms with Crippen molar-refractivity contribution in [2.24, 2.45) is 0 Å². The van der Waals surface area contributed by atoms with E-state index >= 15 is 0 Å². The topological polar surface area (TPSA) is 104 Å². The van der Waals surface area contributed by atoms with Gasteiger partial charge >= 0.3 is 0 Å². The number of nitrogens with one attached hydrogen (secondary N) is 3. The van der Waals surface area contributed by atoms with Gasteiger partial charge in [-0.25, -0.2) is 12.8 Å². The molecule has 7 nitrogen and oxygen atoms in total. The van der Waals surface area contributed by atoms with Gasteiger partial charge in [0.15, 0.2) is 0 Å². The summed E-state index contributed by atoms with van der Waals surface area (Å²) in [7, 11) is -4.33. The van der Waals surface area contributed by atoms with Crippen molar-refractivity contribution in [3.05, 3.63) is 95.8 Å². The molecule has 0 aromatic heterocycles. The van der Waals surface area contributed by atoms with Crippen LogP contribution in [0.5, 0.6) is 0 Å². The van der Waals surface area contributed by atoms with E-state index in [2.05, 4.69) is 15.4 Å². The second kappa shape index (κ2) is 10.1. The summed E-state index contributed by atoms with van der Waals surface area (Å²) < 4.78 is 42.3. The molecule has 0 spiro atoms. The van der Waals surface area contributed by atoms with Crippen molar-refractivity contribution in [2.45, 2.75) is 36.2 Å². The molecule has 0 radical (unpaired) electrons. The normalized spacial score (nSPS) is 14.3. The Labute approximate surface area is 197 Å². The van der Waals surface area contributed by atoms with Crippen LogP contribution >= 0.6 is 0 Å². The minimum absolute atomic E-state index is 0.0439. The number of anilines is 1. The monoisotopic (exact) mass is 481 g/mol. The molecule has 1 atom stereocenters. The Bertz CT molecular complexity index is 1290. The maximum Gasteiger partial charge on any atom is 0.251 e. The summed E-state index contributed by atoms with van der Waals surface area (Å²) in [5.41, 5.74) is 1.45. The van der Waals surface area contributed by atoms with Crippen LogP contribution in [0.2, 0.25) is 0 Å². The number of sulfonamides is 1. The van der Waals surface area contributed by atoms with Crippen molar-refractivity contribution in [1.29, 1.82) is 0 Å². The van der Waals surface area contributed by atoms with Crippen LogP contribution in [0, 0.1) is 5.82 Å². The first-order valence-corrected chi connectivity index (χ1v) is 12.3. The molecule has 34 heavy (non-hydrogen) atoms. The van der Waals surface area contributed by atoms with Gasteiger partial charge in [-0.1, -0.05) is 48.5 Å². The fourth-order valence-electron chi connectivity index (χ4n) is 3.42. The van der Waals surface area contributed by atoms with E-state index in [-0.39, 0.29) is 18.4 Å². The summed E-state index contributed by atoms with van der Waals surface area (Å²) >= 11 is 0. The van der Waals surface area contributed by atoms with Crippen molar-refractivity contribution < 1.29 is 22.4 Å². The number of carbonyl (C=O) groups is 2. The Morgan fingerprint density at radius 3 is 2.35 bits per heavy atom. The van der Waals surface area contributed by atoms with Crippen LogP contribution in [0.15, 0.2) is 83.8 Å². The number of carbonyl (C=O) groups excluding carboxylic acids is 2. The fourth-order valence-corrected chi connectivity index (χ4v) is 4.69. The molecule has 1 aliphatic rings. The molecule has 1 unspecified atom stereocenters. The van der Waals surface area contributed by atoms with Gasteiger partial charge in [0.25, 0.3) is 5.91 Å². The lowest BCUT2D eigenvalue weighted by Crippen LogP contribution is -2.45. The minimum atomic E-state index is -4.33. The van der Waals surface area contributed by atoms with Gasteiger partial charge in [0, 0.05) is 17.3 Å². The molecule has 4 rings (SSSR count). The maximum atomic E-state index is 14.2.